The lowest BCUT2D eigenvalue weighted by molar-refractivity contribution is -0.120. The number of hydrogen-bond acceptors (Lipinski definition) is 4. The van der Waals surface area contributed by atoms with Gasteiger partial charge in [-0.15, -0.1) is 0 Å². The molecule has 1 fully saturated rings. The zero-order valence-electron chi connectivity index (χ0n) is 14.0. The Hall–Kier alpha value is -1.51. The van der Waals surface area contributed by atoms with Gasteiger partial charge in [0.2, 0.25) is 17.7 Å². The first-order valence-electron chi connectivity index (χ1n) is 7.91. The largest absolute Gasteiger partial charge is 0.481 e. The molecular weight excluding hydrogens is 405 g/mol. The standard InChI is InChI=1S/C16H20BrF3N2O3/c1-9(17)13(23)21-8-10-7-12(18)15(22-14(10)24-2)25-11-3-5-16(19,20)6-4-11/h7,9,11H,3-6,8H2,1-2H3,(H,21,23). The van der Waals surface area contributed by atoms with Gasteiger partial charge in [0.15, 0.2) is 5.82 Å². The maximum absolute atomic E-state index is 14.2. The number of nitrogens with one attached hydrogen (secondary N) is 1. The Labute approximate surface area is 152 Å². The van der Waals surface area contributed by atoms with Crippen LogP contribution in [0.1, 0.15) is 38.2 Å². The average molecular weight is 425 g/mol. The van der Waals surface area contributed by atoms with E-state index in [1.165, 1.54) is 7.11 Å². The van der Waals surface area contributed by atoms with Gasteiger partial charge in [-0.2, -0.15) is 4.98 Å². The first-order valence-corrected chi connectivity index (χ1v) is 8.83. The van der Waals surface area contributed by atoms with E-state index in [9.17, 15) is 18.0 Å². The molecule has 1 N–H and O–H groups in total. The average Bonchev–Trinajstić information content (AvgIpc) is 2.56. The Kier molecular flexibility index (Phi) is 6.53. The molecule has 1 unspecified atom stereocenters. The minimum Gasteiger partial charge on any atom is -0.481 e. The normalized spacial score (nSPS) is 18.5. The summed E-state index contributed by atoms with van der Waals surface area (Å²) in [6.07, 6.45) is -0.809. The minimum absolute atomic E-state index is 0.0395. The van der Waals surface area contributed by atoms with Crippen molar-refractivity contribution in [2.24, 2.45) is 0 Å². The Morgan fingerprint density at radius 2 is 2.08 bits per heavy atom. The van der Waals surface area contributed by atoms with E-state index in [0.29, 0.717) is 5.56 Å². The van der Waals surface area contributed by atoms with Gasteiger partial charge >= 0.3 is 0 Å². The van der Waals surface area contributed by atoms with Crippen LogP contribution in [-0.2, 0) is 11.3 Å². The fraction of sp³-hybridized carbons (Fsp3) is 0.625. The fourth-order valence-corrected chi connectivity index (χ4v) is 2.65. The molecule has 0 radical (unpaired) electrons. The number of pyridine rings is 1. The van der Waals surface area contributed by atoms with E-state index in [4.69, 9.17) is 9.47 Å². The Morgan fingerprint density at radius 1 is 1.44 bits per heavy atom. The highest BCUT2D eigenvalue weighted by atomic mass is 79.9. The molecule has 0 aromatic carbocycles. The summed E-state index contributed by atoms with van der Waals surface area (Å²) in [7, 11) is 1.36. The van der Waals surface area contributed by atoms with Gasteiger partial charge in [-0.1, -0.05) is 15.9 Å². The van der Waals surface area contributed by atoms with Crippen molar-refractivity contribution in [3.63, 3.8) is 0 Å². The van der Waals surface area contributed by atoms with Crippen LogP contribution in [0.25, 0.3) is 0 Å². The van der Waals surface area contributed by atoms with E-state index in [-0.39, 0.29) is 54.7 Å². The number of hydrogen-bond donors (Lipinski definition) is 1. The van der Waals surface area contributed by atoms with E-state index in [1.54, 1.807) is 6.92 Å². The van der Waals surface area contributed by atoms with E-state index in [2.05, 4.69) is 26.2 Å². The molecule has 9 heteroatoms. The van der Waals surface area contributed by atoms with Crippen LogP contribution in [0.3, 0.4) is 0 Å². The molecule has 0 bridgehead atoms. The maximum atomic E-state index is 14.2. The van der Waals surface area contributed by atoms with Crippen LogP contribution in [0.4, 0.5) is 13.2 Å². The molecule has 1 aliphatic rings. The zero-order valence-corrected chi connectivity index (χ0v) is 15.5. The topological polar surface area (TPSA) is 60.5 Å². The van der Waals surface area contributed by atoms with Crippen molar-refractivity contribution in [3.05, 3.63) is 17.4 Å². The van der Waals surface area contributed by atoms with Gasteiger partial charge in [-0.05, 0) is 25.8 Å². The number of carbonyl (C=O) groups excluding carboxylic acids is 1. The monoisotopic (exact) mass is 424 g/mol. The zero-order chi connectivity index (χ0) is 18.6. The van der Waals surface area contributed by atoms with Crippen LogP contribution < -0.4 is 14.8 Å². The predicted octanol–water partition coefficient (Wildman–Crippen LogP) is 3.59. The second-order valence-electron chi connectivity index (χ2n) is 5.95. The van der Waals surface area contributed by atoms with Crippen molar-refractivity contribution >= 4 is 21.8 Å². The molecule has 1 aliphatic carbocycles. The molecule has 0 aliphatic heterocycles. The first kappa shape index (κ1) is 19.8. The van der Waals surface area contributed by atoms with Gasteiger partial charge in [0.05, 0.1) is 11.9 Å². The third-order valence-corrected chi connectivity index (χ3v) is 4.35. The number of ether oxygens (including phenoxy) is 2. The lowest BCUT2D eigenvalue weighted by Crippen LogP contribution is -2.31. The van der Waals surface area contributed by atoms with Gasteiger partial charge in [0.1, 0.15) is 6.10 Å². The second-order valence-corrected chi connectivity index (χ2v) is 7.32. The summed E-state index contributed by atoms with van der Waals surface area (Å²) in [5.74, 6) is -3.84. The van der Waals surface area contributed by atoms with Crippen molar-refractivity contribution in [1.29, 1.82) is 0 Å². The summed E-state index contributed by atoms with van der Waals surface area (Å²) < 4.78 is 51.1. The maximum Gasteiger partial charge on any atom is 0.254 e. The number of halogens is 4. The van der Waals surface area contributed by atoms with Crippen LogP contribution >= 0.6 is 15.9 Å². The van der Waals surface area contributed by atoms with Crippen molar-refractivity contribution in [2.45, 2.75) is 56.0 Å². The molecule has 1 heterocycles. The molecule has 0 spiro atoms. The van der Waals surface area contributed by atoms with Gasteiger partial charge < -0.3 is 14.8 Å². The van der Waals surface area contributed by atoms with E-state index in [1.807, 2.05) is 0 Å². The van der Waals surface area contributed by atoms with E-state index < -0.39 is 17.8 Å². The lowest BCUT2D eigenvalue weighted by atomic mass is 9.94. The summed E-state index contributed by atoms with van der Waals surface area (Å²) in [5.41, 5.74) is 0.351. The number of carbonyl (C=O) groups is 1. The third kappa shape index (κ3) is 5.49. The molecule has 0 saturated heterocycles. The second kappa shape index (κ2) is 8.25. The minimum atomic E-state index is -2.68. The number of aromatic nitrogens is 1. The third-order valence-electron chi connectivity index (χ3n) is 3.93. The SMILES string of the molecule is COc1nc(OC2CCC(F)(F)CC2)c(F)cc1CNC(=O)C(C)Br. The first-order chi connectivity index (χ1) is 11.7. The van der Waals surface area contributed by atoms with Crippen molar-refractivity contribution in [3.8, 4) is 11.8 Å². The molecule has 1 amide bonds. The van der Waals surface area contributed by atoms with Crippen LogP contribution in [0.15, 0.2) is 6.07 Å². The summed E-state index contributed by atoms with van der Waals surface area (Å²) in [4.78, 5) is 15.2. The van der Waals surface area contributed by atoms with Crippen LogP contribution in [0.5, 0.6) is 11.8 Å². The number of rotatable bonds is 6. The number of alkyl halides is 3. The van der Waals surface area contributed by atoms with E-state index >= 15 is 0 Å². The predicted molar refractivity (Wildman–Crippen MR) is 88.8 cm³/mol. The van der Waals surface area contributed by atoms with Crippen molar-refractivity contribution < 1.29 is 27.4 Å². The molecule has 140 valence electrons. The highest BCUT2D eigenvalue weighted by Crippen LogP contribution is 2.35. The fourth-order valence-electron chi connectivity index (χ4n) is 2.49. The Morgan fingerprint density at radius 3 is 2.64 bits per heavy atom. The van der Waals surface area contributed by atoms with E-state index in [0.717, 1.165) is 6.07 Å². The highest BCUT2D eigenvalue weighted by Gasteiger charge is 2.36. The molecular formula is C16H20BrF3N2O3. The molecule has 2 rings (SSSR count). The molecule has 1 aromatic heterocycles. The highest BCUT2D eigenvalue weighted by molar-refractivity contribution is 9.10. The smallest absolute Gasteiger partial charge is 0.254 e. The van der Waals surface area contributed by atoms with Crippen LogP contribution in [0, 0.1) is 5.82 Å². The van der Waals surface area contributed by atoms with Gasteiger partial charge in [-0.3, -0.25) is 4.79 Å². The number of amides is 1. The number of nitrogens with zero attached hydrogens (tertiary/aromatic N) is 1. The quantitative estimate of drug-likeness (QED) is 0.708. The summed E-state index contributed by atoms with van der Waals surface area (Å²) >= 11 is 3.13. The molecule has 1 atom stereocenters. The molecule has 25 heavy (non-hydrogen) atoms. The summed E-state index contributed by atoms with van der Waals surface area (Å²) in [5, 5.41) is 2.61. The summed E-state index contributed by atoms with van der Waals surface area (Å²) in [6.45, 7) is 1.70. The molecule has 1 saturated carbocycles. The van der Waals surface area contributed by atoms with Gasteiger partial charge in [-0.25, -0.2) is 13.2 Å². The number of methoxy groups -OCH3 is 1. The van der Waals surface area contributed by atoms with Gasteiger partial charge in [0.25, 0.3) is 5.88 Å². The Bertz CT molecular complexity index is 619. The van der Waals surface area contributed by atoms with Crippen LogP contribution in [0.2, 0.25) is 0 Å². The lowest BCUT2D eigenvalue weighted by Gasteiger charge is -2.28. The summed E-state index contributed by atoms with van der Waals surface area (Å²) in [6, 6.07) is 1.16. The van der Waals surface area contributed by atoms with Crippen molar-refractivity contribution in [2.75, 3.05) is 7.11 Å². The Balaban J connectivity index is 2.07. The molecule has 5 nitrogen and oxygen atoms in total. The van der Waals surface area contributed by atoms with Crippen LogP contribution in [-0.4, -0.2) is 34.9 Å². The molecule has 1 aromatic rings. The van der Waals surface area contributed by atoms with Gasteiger partial charge in [0, 0.05) is 24.9 Å². The van der Waals surface area contributed by atoms with Crippen molar-refractivity contribution in [1.82, 2.24) is 10.3 Å².